The SMILES string of the molecule is COc1cc(NC(C)(C)CC(N)=O)c(N)cc1F. The first kappa shape index (κ1) is 14.1. The second-order valence-corrected chi connectivity index (χ2v) is 4.73. The van der Waals surface area contributed by atoms with Gasteiger partial charge in [0, 0.05) is 24.1 Å². The Bertz CT molecular complexity index is 461. The molecule has 0 aromatic heterocycles. The number of rotatable bonds is 5. The van der Waals surface area contributed by atoms with E-state index in [0.717, 1.165) is 0 Å². The fraction of sp³-hybridized carbons (Fsp3) is 0.417. The van der Waals surface area contributed by atoms with Crippen LogP contribution in [0, 0.1) is 5.82 Å². The van der Waals surface area contributed by atoms with E-state index in [1.165, 1.54) is 19.2 Å². The number of hydrogen-bond acceptors (Lipinski definition) is 4. The highest BCUT2D eigenvalue weighted by molar-refractivity contribution is 5.77. The van der Waals surface area contributed by atoms with E-state index in [9.17, 15) is 9.18 Å². The topological polar surface area (TPSA) is 90.4 Å². The molecule has 0 aliphatic carbocycles. The average Bonchev–Trinajstić information content (AvgIpc) is 2.19. The monoisotopic (exact) mass is 255 g/mol. The minimum Gasteiger partial charge on any atom is -0.494 e. The molecule has 0 atom stereocenters. The van der Waals surface area contributed by atoms with Gasteiger partial charge in [-0.15, -0.1) is 0 Å². The number of ether oxygens (including phenoxy) is 1. The molecule has 0 bridgehead atoms. The van der Waals surface area contributed by atoms with Crippen molar-refractivity contribution in [2.45, 2.75) is 25.8 Å². The van der Waals surface area contributed by atoms with Gasteiger partial charge < -0.3 is 21.5 Å². The molecular weight excluding hydrogens is 237 g/mol. The van der Waals surface area contributed by atoms with Crippen LogP contribution in [-0.4, -0.2) is 18.6 Å². The van der Waals surface area contributed by atoms with E-state index < -0.39 is 17.3 Å². The zero-order valence-corrected chi connectivity index (χ0v) is 10.7. The third-order valence-corrected chi connectivity index (χ3v) is 2.41. The minimum atomic E-state index is -0.581. The number of nitrogen functional groups attached to an aromatic ring is 1. The molecule has 1 aromatic carbocycles. The second kappa shape index (κ2) is 5.12. The van der Waals surface area contributed by atoms with Crippen LogP contribution in [-0.2, 0) is 4.79 Å². The molecule has 0 fully saturated rings. The number of carbonyl (C=O) groups is 1. The van der Waals surface area contributed by atoms with Gasteiger partial charge in [-0.05, 0) is 13.8 Å². The molecule has 1 rings (SSSR count). The number of carbonyl (C=O) groups excluding carboxylic acids is 1. The smallest absolute Gasteiger partial charge is 0.219 e. The standard InChI is InChI=1S/C12H18FN3O2/c1-12(2,6-11(15)17)16-9-5-10(18-3)7(13)4-8(9)14/h4-5,16H,6,14H2,1-3H3,(H2,15,17). The summed E-state index contributed by atoms with van der Waals surface area (Å²) >= 11 is 0. The van der Waals surface area contributed by atoms with E-state index in [-0.39, 0.29) is 17.9 Å². The number of anilines is 2. The first-order valence-corrected chi connectivity index (χ1v) is 5.44. The Hall–Kier alpha value is -1.98. The highest BCUT2D eigenvalue weighted by atomic mass is 19.1. The molecular formula is C12H18FN3O2. The number of methoxy groups -OCH3 is 1. The number of halogens is 1. The molecule has 0 spiro atoms. The van der Waals surface area contributed by atoms with Crippen molar-refractivity contribution in [3.63, 3.8) is 0 Å². The number of primary amides is 1. The van der Waals surface area contributed by atoms with Gasteiger partial charge in [-0.1, -0.05) is 0 Å². The number of amides is 1. The van der Waals surface area contributed by atoms with Crippen molar-refractivity contribution < 1.29 is 13.9 Å². The Kier molecular flexibility index (Phi) is 4.00. The highest BCUT2D eigenvalue weighted by Crippen LogP contribution is 2.30. The van der Waals surface area contributed by atoms with Crippen molar-refractivity contribution in [1.29, 1.82) is 0 Å². The Morgan fingerprint density at radius 1 is 1.50 bits per heavy atom. The van der Waals surface area contributed by atoms with E-state index >= 15 is 0 Å². The van der Waals surface area contributed by atoms with Gasteiger partial charge in [0.2, 0.25) is 5.91 Å². The van der Waals surface area contributed by atoms with Crippen molar-refractivity contribution in [1.82, 2.24) is 0 Å². The maximum Gasteiger partial charge on any atom is 0.219 e. The highest BCUT2D eigenvalue weighted by Gasteiger charge is 2.22. The van der Waals surface area contributed by atoms with Crippen LogP contribution < -0.4 is 21.5 Å². The van der Waals surface area contributed by atoms with Gasteiger partial charge in [0.25, 0.3) is 0 Å². The first-order chi connectivity index (χ1) is 8.25. The van der Waals surface area contributed by atoms with Crippen molar-refractivity contribution in [3.8, 4) is 5.75 Å². The molecule has 0 saturated carbocycles. The summed E-state index contributed by atoms with van der Waals surface area (Å²) in [6.07, 6.45) is 0.131. The van der Waals surface area contributed by atoms with E-state index in [2.05, 4.69) is 5.32 Å². The molecule has 5 nitrogen and oxygen atoms in total. The van der Waals surface area contributed by atoms with Gasteiger partial charge in [0.15, 0.2) is 11.6 Å². The molecule has 1 amide bonds. The van der Waals surface area contributed by atoms with Gasteiger partial charge in [-0.25, -0.2) is 4.39 Å². The quantitative estimate of drug-likeness (QED) is 0.695. The lowest BCUT2D eigenvalue weighted by Crippen LogP contribution is -2.36. The predicted molar refractivity (Wildman–Crippen MR) is 68.9 cm³/mol. The van der Waals surface area contributed by atoms with Gasteiger partial charge in [0.1, 0.15) is 0 Å². The lowest BCUT2D eigenvalue weighted by Gasteiger charge is -2.27. The summed E-state index contributed by atoms with van der Waals surface area (Å²) in [4.78, 5) is 10.9. The number of nitrogens with two attached hydrogens (primary N) is 2. The van der Waals surface area contributed by atoms with Gasteiger partial charge in [0.05, 0.1) is 18.5 Å². The van der Waals surface area contributed by atoms with E-state index in [1.54, 1.807) is 13.8 Å². The lowest BCUT2D eigenvalue weighted by molar-refractivity contribution is -0.118. The molecule has 0 aliphatic heterocycles. The molecule has 0 heterocycles. The van der Waals surface area contributed by atoms with Crippen LogP contribution in [0.1, 0.15) is 20.3 Å². The molecule has 6 heteroatoms. The minimum absolute atomic E-state index is 0.0848. The summed E-state index contributed by atoms with van der Waals surface area (Å²) in [6.45, 7) is 3.60. The third kappa shape index (κ3) is 3.51. The lowest BCUT2D eigenvalue weighted by atomic mass is 9.99. The predicted octanol–water partition coefficient (Wildman–Crippen LogP) is 1.48. The largest absolute Gasteiger partial charge is 0.494 e. The van der Waals surface area contributed by atoms with Gasteiger partial charge >= 0.3 is 0 Å². The van der Waals surface area contributed by atoms with Crippen molar-refractivity contribution >= 4 is 17.3 Å². The van der Waals surface area contributed by atoms with Crippen molar-refractivity contribution in [3.05, 3.63) is 17.9 Å². The van der Waals surface area contributed by atoms with Gasteiger partial charge in [-0.3, -0.25) is 4.79 Å². The van der Waals surface area contributed by atoms with Crippen LogP contribution in [0.4, 0.5) is 15.8 Å². The zero-order chi connectivity index (χ0) is 13.9. The Morgan fingerprint density at radius 2 is 2.11 bits per heavy atom. The molecule has 0 saturated heterocycles. The molecule has 100 valence electrons. The Morgan fingerprint density at radius 3 is 2.61 bits per heavy atom. The van der Waals surface area contributed by atoms with Crippen LogP contribution in [0.3, 0.4) is 0 Å². The van der Waals surface area contributed by atoms with E-state index in [0.29, 0.717) is 5.69 Å². The fourth-order valence-corrected chi connectivity index (χ4v) is 1.68. The van der Waals surface area contributed by atoms with Crippen LogP contribution in [0.25, 0.3) is 0 Å². The molecule has 1 aromatic rings. The average molecular weight is 255 g/mol. The third-order valence-electron chi connectivity index (χ3n) is 2.41. The number of hydrogen-bond donors (Lipinski definition) is 3. The molecule has 0 unspecified atom stereocenters. The molecule has 5 N–H and O–H groups in total. The Labute approximate surface area is 105 Å². The Balaban J connectivity index is 3.00. The van der Waals surface area contributed by atoms with Crippen LogP contribution >= 0.6 is 0 Å². The van der Waals surface area contributed by atoms with Crippen molar-refractivity contribution in [2.75, 3.05) is 18.2 Å². The molecule has 18 heavy (non-hydrogen) atoms. The summed E-state index contributed by atoms with van der Waals surface area (Å²) < 4.78 is 18.2. The van der Waals surface area contributed by atoms with E-state index in [4.69, 9.17) is 16.2 Å². The maximum absolute atomic E-state index is 13.4. The summed E-state index contributed by atoms with van der Waals surface area (Å²) in [5.74, 6) is -0.880. The van der Waals surface area contributed by atoms with Crippen LogP contribution in [0.15, 0.2) is 12.1 Å². The normalized spacial score (nSPS) is 11.1. The van der Waals surface area contributed by atoms with Crippen molar-refractivity contribution in [2.24, 2.45) is 5.73 Å². The summed E-state index contributed by atoms with van der Waals surface area (Å²) in [5, 5.41) is 3.05. The molecule has 0 radical (unpaired) electrons. The second-order valence-electron chi connectivity index (χ2n) is 4.73. The van der Waals surface area contributed by atoms with E-state index in [1.807, 2.05) is 0 Å². The summed E-state index contributed by atoms with van der Waals surface area (Å²) in [7, 11) is 1.37. The first-order valence-electron chi connectivity index (χ1n) is 5.44. The number of benzene rings is 1. The van der Waals surface area contributed by atoms with Gasteiger partial charge in [-0.2, -0.15) is 0 Å². The van der Waals surface area contributed by atoms with Crippen LogP contribution in [0.2, 0.25) is 0 Å². The maximum atomic E-state index is 13.4. The number of nitrogens with one attached hydrogen (secondary N) is 1. The summed E-state index contributed by atoms with van der Waals surface area (Å²) in [6, 6.07) is 2.62. The fourth-order valence-electron chi connectivity index (χ4n) is 1.68. The molecule has 0 aliphatic rings. The summed E-state index contributed by atoms with van der Waals surface area (Å²) in [5.41, 5.74) is 11.0. The zero-order valence-electron chi connectivity index (χ0n) is 10.7. The van der Waals surface area contributed by atoms with Crippen LogP contribution in [0.5, 0.6) is 5.75 Å².